The van der Waals surface area contributed by atoms with E-state index in [2.05, 4.69) is 36.0 Å². The molecular weight excluding hydrogens is 290 g/mol. The molecular formula is C15H26BrNO. The molecule has 1 rings (SSSR count). The van der Waals surface area contributed by atoms with Crippen molar-refractivity contribution in [1.29, 1.82) is 0 Å². The van der Waals surface area contributed by atoms with Crippen molar-refractivity contribution in [3.63, 3.8) is 0 Å². The van der Waals surface area contributed by atoms with E-state index in [4.69, 9.17) is 5.11 Å². The van der Waals surface area contributed by atoms with Gasteiger partial charge in [-0.3, -0.25) is 0 Å². The number of aliphatic hydroxyl groups excluding tert-OH is 1. The molecule has 0 aromatic carbocycles. The summed E-state index contributed by atoms with van der Waals surface area (Å²) in [7, 11) is 0. The second kappa shape index (κ2) is 11.7. The van der Waals surface area contributed by atoms with Crippen molar-refractivity contribution in [3.05, 3.63) is 30.1 Å². The Morgan fingerprint density at radius 2 is 1.89 bits per heavy atom. The minimum atomic E-state index is 0. The second-order valence-corrected chi connectivity index (χ2v) is 4.69. The summed E-state index contributed by atoms with van der Waals surface area (Å²) in [6.07, 6.45) is 12.7. The van der Waals surface area contributed by atoms with Crippen LogP contribution in [0.15, 0.2) is 24.5 Å². The molecule has 0 saturated carbocycles. The molecule has 0 unspecified atom stereocenters. The Hall–Kier alpha value is -0.410. The molecule has 1 heterocycles. The first-order chi connectivity index (χ1) is 8.36. The fourth-order valence-electron chi connectivity index (χ4n) is 2.00. The second-order valence-electron chi connectivity index (χ2n) is 4.69. The smallest absolute Gasteiger partial charge is 0.171 e. The number of hydrogen-bond acceptors (Lipinski definition) is 1. The minimum Gasteiger partial charge on any atom is -1.00 e. The Labute approximate surface area is 122 Å². The van der Waals surface area contributed by atoms with Crippen molar-refractivity contribution in [2.45, 2.75) is 58.4 Å². The molecule has 0 spiro atoms. The summed E-state index contributed by atoms with van der Waals surface area (Å²) in [6.45, 7) is 3.67. The minimum absolute atomic E-state index is 0. The number of hydrogen-bond donors (Lipinski definition) is 1. The molecule has 3 heteroatoms. The topological polar surface area (TPSA) is 24.1 Å². The van der Waals surface area contributed by atoms with Gasteiger partial charge < -0.3 is 22.1 Å². The van der Waals surface area contributed by atoms with Crippen LogP contribution in [0.4, 0.5) is 0 Å². The van der Waals surface area contributed by atoms with Gasteiger partial charge in [-0.1, -0.05) is 19.8 Å². The molecule has 0 radical (unpaired) electrons. The van der Waals surface area contributed by atoms with Gasteiger partial charge in [0.05, 0.1) is 0 Å². The molecule has 0 aliphatic heterocycles. The molecule has 2 nitrogen and oxygen atoms in total. The lowest BCUT2D eigenvalue weighted by molar-refractivity contribution is -0.697. The lowest BCUT2D eigenvalue weighted by Crippen LogP contribution is -3.00. The maximum Gasteiger partial charge on any atom is 0.171 e. The van der Waals surface area contributed by atoms with E-state index in [1.165, 1.54) is 37.7 Å². The number of rotatable bonds is 9. The van der Waals surface area contributed by atoms with Crippen LogP contribution in [0.1, 0.15) is 51.0 Å². The van der Waals surface area contributed by atoms with Crippen molar-refractivity contribution in [2.75, 3.05) is 6.61 Å². The SMILES string of the molecule is CCCCc1ccc[n+](CCCCCCO)c1.[Br-]. The van der Waals surface area contributed by atoms with Gasteiger partial charge in [-0.2, -0.15) is 0 Å². The predicted molar refractivity (Wildman–Crippen MR) is 70.8 cm³/mol. The van der Waals surface area contributed by atoms with Crippen LogP contribution in [-0.4, -0.2) is 11.7 Å². The lowest BCUT2D eigenvalue weighted by atomic mass is 10.1. The zero-order chi connectivity index (χ0) is 12.3. The van der Waals surface area contributed by atoms with E-state index in [0.29, 0.717) is 6.61 Å². The van der Waals surface area contributed by atoms with Gasteiger partial charge in [-0.15, -0.1) is 0 Å². The van der Waals surface area contributed by atoms with Crippen molar-refractivity contribution in [1.82, 2.24) is 0 Å². The molecule has 0 atom stereocenters. The maximum atomic E-state index is 8.70. The summed E-state index contributed by atoms with van der Waals surface area (Å²) in [6, 6.07) is 4.37. The number of pyridine rings is 1. The lowest BCUT2D eigenvalue weighted by Gasteiger charge is -2.01. The molecule has 18 heavy (non-hydrogen) atoms. The highest BCUT2D eigenvalue weighted by atomic mass is 79.9. The van der Waals surface area contributed by atoms with Crippen LogP contribution >= 0.6 is 0 Å². The molecule has 0 bridgehead atoms. The summed E-state index contributed by atoms with van der Waals surface area (Å²) in [5.41, 5.74) is 1.45. The summed E-state index contributed by atoms with van der Waals surface area (Å²) < 4.78 is 2.30. The van der Waals surface area contributed by atoms with E-state index in [-0.39, 0.29) is 17.0 Å². The van der Waals surface area contributed by atoms with E-state index in [0.717, 1.165) is 19.4 Å². The van der Waals surface area contributed by atoms with Gasteiger partial charge in [0.25, 0.3) is 0 Å². The highest BCUT2D eigenvalue weighted by Gasteiger charge is 2.02. The fourth-order valence-corrected chi connectivity index (χ4v) is 2.00. The van der Waals surface area contributed by atoms with Crippen LogP contribution in [-0.2, 0) is 13.0 Å². The quantitative estimate of drug-likeness (QED) is 0.498. The molecule has 0 amide bonds. The van der Waals surface area contributed by atoms with Crippen LogP contribution in [0.2, 0.25) is 0 Å². The Bertz CT molecular complexity index is 304. The zero-order valence-corrected chi connectivity index (χ0v) is 13.0. The van der Waals surface area contributed by atoms with Gasteiger partial charge in [0.1, 0.15) is 6.54 Å². The van der Waals surface area contributed by atoms with Gasteiger partial charge >= 0.3 is 0 Å². The van der Waals surface area contributed by atoms with E-state index in [1.807, 2.05) is 0 Å². The first-order valence-electron chi connectivity index (χ1n) is 6.95. The Balaban J connectivity index is 0.00000289. The normalized spacial score (nSPS) is 10.1. The number of aliphatic hydroxyl groups is 1. The molecule has 1 aromatic rings. The number of nitrogens with zero attached hydrogens (tertiary/aromatic N) is 1. The third-order valence-corrected chi connectivity index (χ3v) is 3.06. The number of unbranched alkanes of at least 4 members (excludes halogenated alkanes) is 4. The molecule has 0 fully saturated rings. The number of aryl methyl sites for hydroxylation is 2. The number of aromatic nitrogens is 1. The first-order valence-corrected chi connectivity index (χ1v) is 6.95. The van der Waals surface area contributed by atoms with Gasteiger partial charge in [0.15, 0.2) is 12.4 Å². The van der Waals surface area contributed by atoms with Gasteiger partial charge in [-0.05, 0) is 31.7 Å². The average Bonchev–Trinajstić information content (AvgIpc) is 2.37. The fraction of sp³-hybridized carbons (Fsp3) is 0.667. The van der Waals surface area contributed by atoms with Crippen molar-refractivity contribution >= 4 is 0 Å². The average molecular weight is 316 g/mol. The Morgan fingerprint density at radius 3 is 2.61 bits per heavy atom. The zero-order valence-electron chi connectivity index (χ0n) is 11.4. The van der Waals surface area contributed by atoms with Crippen molar-refractivity contribution in [3.8, 4) is 0 Å². The third-order valence-electron chi connectivity index (χ3n) is 3.06. The maximum absolute atomic E-state index is 8.70. The highest BCUT2D eigenvalue weighted by Crippen LogP contribution is 2.03. The van der Waals surface area contributed by atoms with E-state index in [1.54, 1.807) is 0 Å². The van der Waals surface area contributed by atoms with Gasteiger partial charge in [0.2, 0.25) is 0 Å². The van der Waals surface area contributed by atoms with Gasteiger partial charge in [0, 0.05) is 24.7 Å². The predicted octanol–water partition coefficient (Wildman–Crippen LogP) is -0.127. The Morgan fingerprint density at radius 1 is 1.11 bits per heavy atom. The first kappa shape index (κ1) is 17.6. The summed E-state index contributed by atoms with van der Waals surface area (Å²) >= 11 is 0. The van der Waals surface area contributed by atoms with Crippen LogP contribution in [0.5, 0.6) is 0 Å². The Kier molecular flexibility index (Phi) is 11.4. The molecule has 0 aliphatic carbocycles. The van der Waals surface area contributed by atoms with E-state index in [9.17, 15) is 0 Å². The van der Waals surface area contributed by atoms with E-state index >= 15 is 0 Å². The monoisotopic (exact) mass is 315 g/mol. The summed E-state index contributed by atoms with van der Waals surface area (Å²) in [5, 5.41) is 8.70. The van der Waals surface area contributed by atoms with Gasteiger partial charge in [-0.25, -0.2) is 4.57 Å². The highest BCUT2D eigenvalue weighted by molar-refractivity contribution is 5.05. The van der Waals surface area contributed by atoms with Crippen LogP contribution in [0.25, 0.3) is 0 Å². The molecule has 0 aliphatic rings. The van der Waals surface area contributed by atoms with E-state index < -0.39 is 0 Å². The molecule has 0 saturated heterocycles. The molecule has 1 aromatic heterocycles. The largest absolute Gasteiger partial charge is 1.00 e. The number of halogens is 1. The van der Waals surface area contributed by atoms with Crippen LogP contribution < -0.4 is 21.5 Å². The van der Waals surface area contributed by atoms with Crippen LogP contribution in [0, 0.1) is 0 Å². The third kappa shape index (κ3) is 7.83. The summed E-state index contributed by atoms with van der Waals surface area (Å²) in [4.78, 5) is 0. The van der Waals surface area contributed by atoms with Crippen molar-refractivity contribution < 1.29 is 26.7 Å². The summed E-state index contributed by atoms with van der Waals surface area (Å²) in [5.74, 6) is 0. The molecule has 1 N–H and O–H groups in total. The molecule has 104 valence electrons. The standard InChI is InChI=1S/C15H26NO.BrH/c1-2-3-9-15-10-8-12-16(14-15)11-6-4-5-7-13-17;/h8,10,12,14,17H,2-7,9,11,13H2,1H3;1H/q+1;/p-1. The van der Waals surface area contributed by atoms with Crippen LogP contribution in [0.3, 0.4) is 0 Å². The van der Waals surface area contributed by atoms with Crippen molar-refractivity contribution in [2.24, 2.45) is 0 Å².